The Bertz CT molecular complexity index is 369. The van der Waals surface area contributed by atoms with Crippen LogP contribution in [0.3, 0.4) is 0 Å². The minimum Gasteiger partial charge on any atom is -0.395 e. The maximum absolute atomic E-state index is 13.4. The van der Waals surface area contributed by atoms with Crippen molar-refractivity contribution >= 4 is 11.6 Å². The van der Waals surface area contributed by atoms with Crippen LogP contribution in [0.25, 0.3) is 0 Å². The molecular formula is C14H21ClFNO. The van der Waals surface area contributed by atoms with E-state index in [0.717, 1.165) is 18.4 Å². The van der Waals surface area contributed by atoms with Crippen molar-refractivity contribution in [1.29, 1.82) is 0 Å². The highest BCUT2D eigenvalue weighted by molar-refractivity contribution is 6.30. The second-order valence-electron chi connectivity index (χ2n) is 4.41. The van der Waals surface area contributed by atoms with E-state index in [4.69, 9.17) is 16.7 Å². The van der Waals surface area contributed by atoms with E-state index in [1.165, 1.54) is 6.07 Å². The molecule has 102 valence electrons. The number of aliphatic hydroxyl groups excluding tert-OH is 1. The molecule has 18 heavy (non-hydrogen) atoms. The van der Waals surface area contributed by atoms with E-state index in [0.29, 0.717) is 19.1 Å². The van der Waals surface area contributed by atoms with Gasteiger partial charge in [-0.2, -0.15) is 0 Å². The van der Waals surface area contributed by atoms with Crippen molar-refractivity contribution in [1.82, 2.24) is 4.90 Å². The van der Waals surface area contributed by atoms with Crippen LogP contribution in [0.1, 0.15) is 32.3 Å². The van der Waals surface area contributed by atoms with Crippen LogP contribution in [0.4, 0.5) is 4.39 Å². The molecule has 0 amide bonds. The van der Waals surface area contributed by atoms with Crippen LogP contribution in [-0.4, -0.2) is 29.2 Å². The zero-order valence-corrected chi connectivity index (χ0v) is 11.8. The summed E-state index contributed by atoms with van der Waals surface area (Å²) in [6.45, 7) is 5.62. The summed E-state index contributed by atoms with van der Waals surface area (Å²) in [5, 5.41) is 9.26. The molecule has 1 rings (SSSR count). The summed E-state index contributed by atoms with van der Waals surface area (Å²) >= 11 is 5.67. The zero-order chi connectivity index (χ0) is 13.5. The molecule has 0 spiro atoms. The van der Waals surface area contributed by atoms with Crippen molar-refractivity contribution in [2.24, 2.45) is 0 Å². The number of nitrogens with zero attached hydrogens (tertiary/aromatic N) is 1. The van der Waals surface area contributed by atoms with Crippen molar-refractivity contribution in [3.8, 4) is 0 Å². The van der Waals surface area contributed by atoms with Gasteiger partial charge < -0.3 is 5.11 Å². The SMILES string of the molecule is CCC(CC)N(CCO)Cc1ccc(Cl)c(F)c1. The molecule has 0 heterocycles. The first-order valence-electron chi connectivity index (χ1n) is 6.41. The van der Waals surface area contributed by atoms with Gasteiger partial charge in [0.2, 0.25) is 0 Å². The predicted molar refractivity (Wildman–Crippen MR) is 73.3 cm³/mol. The molecule has 0 aliphatic carbocycles. The molecule has 2 nitrogen and oxygen atoms in total. The van der Waals surface area contributed by atoms with Gasteiger partial charge in [-0.3, -0.25) is 4.90 Å². The molecule has 0 saturated carbocycles. The largest absolute Gasteiger partial charge is 0.395 e. The highest BCUT2D eigenvalue weighted by Crippen LogP contribution is 2.18. The van der Waals surface area contributed by atoms with Crippen molar-refractivity contribution < 1.29 is 9.50 Å². The predicted octanol–water partition coefficient (Wildman–Crippen LogP) is 3.46. The fourth-order valence-corrected chi connectivity index (χ4v) is 2.31. The number of aliphatic hydroxyl groups is 1. The van der Waals surface area contributed by atoms with Crippen molar-refractivity contribution in [3.05, 3.63) is 34.6 Å². The Hall–Kier alpha value is -0.640. The van der Waals surface area contributed by atoms with Gasteiger partial charge in [-0.1, -0.05) is 31.5 Å². The van der Waals surface area contributed by atoms with E-state index in [2.05, 4.69) is 18.7 Å². The first-order valence-corrected chi connectivity index (χ1v) is 6.79. The summed E-state index contributed by atoms with van der Waals surface area (Å²) in [7, 11) is 0. The summed E-state index contributed by atoms with van der Waals surface area (Å²) in [6, 6.07) is 5.29. The molecule has 1 aromatic rings. The van der Waals surface area contributed by atoms with Gasteiger partial charge in [-0.05, 0) is 30.5 Å². The number of halogens is 2. The standard InChI is InChI=1S/C14H21ClFNO/c1-3-12(4-2)17(7-8-18)10-11-5-6-13(15)14(16)9-11/h5-6,9,12,18H,3-4,7-8,10H2,1-2H3. The molecule has 0 fully saturated rings. The molecule has 0 bridgehead atoms. The van der Waals surface area contributed by atoms with Crippen molar-refractivity contribution in [2.75, 3.05) is 13.2 Å². The number of benzene rings is 1. The molecular weight excluding hydrogens is 253 g/mol. The van der Waals surface area contributed by atoms with Gasteiger partial charge in [-0.15, -0.1) is 0 Å². The Kier molecular flexibility index (Phi) is 6.61. The monoisotopic (exact) mass is 273 g/mol. The van der Waals surface area contributed by atoms with E-state index >= 15 is 0 Å². The molecule has 0 saturated heterocycles. The highest BCUT2D eigenvalue weighted by Gasteiger charge is 2.15. The number of hydrogen-bond donors (Lipinski definition) is 1. The maximum atomic E-state index is 13.4. The molecule has 4 heteroatoms. The molecule has 0 radical (unpaired) electrons. The Balaban J connectivity index is 2.78. The van der Waals surface area contributed by atoms with Gasteiger partial charge >= 0.3 is 0 Å². The van der Waals surface area contributed by atoms with E-state index in [1.54, 1.807) is 6.07 Å². The lowest BCUT2D eigenvalue weighted by molar-refractivity contribution is 0.136. The first-order chi connectivity index (χ1) is 8.62. The number of rotatable bonds is 7. The molecule has 1 aromatic carbocycles. The number of hydrogen-bond acceptors (Lipinski definition) is 2. The van der Waals surface area contributed by atoms with E-state index < -0.39 is 0 Å². The lowest BCUT2D eigenvalue weighted by atomic mass is 10.1. The van der Waals surface area contributed by atoms with Crippen LogP contribution < -0.4 is 0 Å². The highest BCUT2D eigenvalue weighted by atomic mass is 35.5. The van der Waals surface area contributed by atoms with Crippen LogP contribution >= 0.6 is 11.6 Å². The lowest BCUT2D eigenvalue weighted by Gasteiger charge is -2.29. The van der Waals surface area contributed by atoms with Gasteiger partial charge in [0, 0.05) is 19.1 Å². The van der Waals surface area contributed by atoms with Crippen molar-refractivity contribution in [3.63, 3.8) is 0 Å². The molecule has 0 atom stereocenters. The second-order valence-corrected chi connectivity index (χ2v) is 4.82. The van der Waals surface area contributed by atoms with Gasteiger partial charge in [0.15, 0.2) is 0 Å². The third kappa shape index (κ3) is 4.23. The minimum absolute atomic E-state index is 0.118. The fraction of sp³-hybridized carbons (Fsp3) is 0.571. The van der Waals surface area contributed by atoms with Gasteiger partial charge in [0.25, 0.3) is 0 Å². The topological polar surface area (TPSA) is 23.5 Å². The average molecular weight is 274 g/mol. The van der Waals surface area contributed by atoms with Crippen LogP contribution in [0, 0.1) is 5.82 Å². The van der Waals surface area contributed by atoms with Crippen LogP contribution in [0.2, 0.25) is 5.02 Å². The Morgan fingerprint density at radius 3 is 2.50 bits per heavy atom. The molecule has 0 aliphatic rings. The summed E-state index contributed by atoms with van der Waals surface area (Å²) < 4.78 is 13.4. The third-order valence-electron chi connectivity index (χ3n) is 3.22. The maximum Gasteiger partial charge on any atom is 0.142 e. The second kappa shape index (κ2) is 7.72. The van der Waals surface area contributed by atoms with Crippen molar-refractivity contribution in [2.45, 2.75) is 39.3 Å². The summed E-state index contributed by atoms with van der Waals surface area (Å²) in [4.78, 5) is 2.18. The first kappa shape index (κ1) is 15.4. The zero-order valence-electron chi connectivity index (χ0n) is 11.0. The van der Waals surface area contributed by atoms with Gasteiger partial charge in [0.1, 0.15) is 5.82 Å². The lowest BCUT2D eigenvalue weighted by Crippen LogP contribution is -2.36. The summed E-state index contributed by atoms with van der Waals surface area (Å²) in [5.74, 6) is -0.386. The Labute approximate surface area is 113 Å². The molecule has 0 unspecified atom stereocenters. The van der Waals surface area contributed by atoms with E-state index in [-0.39, 0.29) is 17.4 Å². The molecule has 0 aliphatic heterocycles. The van der Waals surface area contributed by atoms with Crippen LogP contribution in [-0.2, 0) is 6.54 Å². The normalized spacial score (nSPS) is 11.5. The Morgan fingerprint density at radius 2 is 2.00 bits per heavy atom. The van der Waals surface area contributed by atoms with Crippen LogP contribution in [0.15, 0.2) is 18.2 Å². The molecule has 1 N–H and O–H groups in total. The van der Waals surface area contributed by atoms with E-state index in [9.17, 15) is 4.39 Å². The van der Waals surface area contributed by atoms with E-state index in [1.807, 2.05) is 6.07 Å². The van der Waals surface area contributed by atoms with Crippen LogP contribution in [0.5, 0.6) is 0 Å². The minimum atomic E-state index is -0.386. The smallest absolute Gasteiger partial charge is 0.142 e. The fourth-order valence-electron chi connectivity index (χ4n) is 2.20. The molecule has 0 aromatic heterocycles. The summed E-state index contributed by atoms with van der Waals surface area (Å²) in [6.07, 6.45) is 2.04. The van der Waals surface area contributed by atoms with Gasteiger partial charge in [-0.25, -0.2) is 4.39 Å². The Morgan fingerprint density at radius 1 is 1.33 bits per heavy atom. The average Bonchev–Trinajstić information content (AvgIpc) is 2.35. The summed E-state index contributed by atoms with van der Waals surface area (Å²) in [5.41, 5.74) is 0.886. The third-order valence-corrected chi connectivity index (χ3v) is 3.52. The quantitative estimate of drug-likeness (QED) is 0.822. The van der Waals surface area contributed by atoms with Gasteiger partial charge in [0.05, 0.1) is 11.6 Å².